The Hall–Kier alpha value is -1.85. The molecular weight excluding hydrogens is 352 g/mol. The summed E-state index contributed by atoms with van der Waals surface area (Å²) in [4.78, 5) is 4.04. The molecule has 0 atom stereocenters. The molecule has 0 bridgehead atoms. The van der Waals surface area contributed by atoms with E-state index in [1.165, 1.54) is 0 Å². The van der Waals surface area contributed by atoms with Crippen LogP contribution in [0.5, 0.6) is 0 Å². The van der Waals surface area contributed by atoms with E-state index in [1.807, 2.05) is 37.4 Å². The van der Waals surface area contributed by atoms with Crippen molar-refractivity contribution in [2.75, 3.05) is 5.73 Å². The molecule has 2 N–H and O–H groups in total. The normalized spacial score (nSPS) is 10.8. The standard InChI is InChI=1S/C15H12BrClN4/c1-21-15(18)13(9-4-6-19-7-5-9)14(20-21)10-2-3-11(16)12(17)8-10/h2-8H,18H2,1H3. The van der Waals surface area contributed by atoms with Crippen LogP contribution in [0.3, 0.4) is 0 Å². The van der Waals surface area contributed by atoms with Gasteiger partial charge in [0.15, 0.2) is 0 Å². The van der Waals surface area contributed by atoms with Gasteiger partial charge in [-0.05, 0) is 45.8 Å². The maximum atomic E-state index is 6.19. The number of nitrogen functional groups attached to an aromatic ring is 1. The Bertz CT molecular complexity index is 799. The van der Waals surface area contributed by atoms with Crippen LogP contribution >= 0.6 is 27.5 Å². The van der Waals surface area contributed by atoms with Crippen LogP contribution in [-0.2, 0) is 7.05 Å². The Morgan fingerprint density at radius 2 is 1.86 bits per heavy atom. The summed E-state index contributed by atoms with van der Waals surface area (Å²) in [6.45, 7) is 0. The number of benzene rings is 1. The van der Waals surface area contributed by atoms with E-state index in [2.05, 4.69) is 26.0 Å². The molecule has 0 aliphatic rings. The van der Waals surface area contributed by atoms with E-state index in [0.717, 1.165) is 26.9 Å². The molecule has 0 aliphatic carbocycles. The van der Waals surface area contributed by atoms with Gasteiger partial charge in [0.05, 0.1) is 10.6 Å². The minimum Gasteiger partial charge on any atom is -0.383 e. The number of pyridine rings is 1. The van der Waals surface area contributed by atoms with Crippen molar-refractivity contribution in [2.24, 2.45) is 7.05 Å². The van der Waals surface area contributed by atoms with E-state index in [4.69, 9.17) is 17.3 Å². The van der Waals surface area contributed by atoms with E-state index in [-0.39, 0.29) is 0 Å². The van der Waals surface area contributed by atoms with Crippen LogP contribution in [0.2, 0.25) is 5.02 Å². The second-order valence-corrected chi connectivity index (χ2v) is 5.86. The number of nitrogens with zero attached hydrogens (tertiary/aromatic N) is 3. The summed E-state index contributed by atoms with van der Waals surface area (Å²) in [7, 11) is 1.82. The number of hydrogen-bond donors (Lipinski definition) is 1. The lowest BCUT2D eigenvalue weighted by atomic mass is 10.0. The van der Waals surface area contributed by atoms with E-state index >= 15 is 0 Å². The topological polar surface area (TPSA) is 56.7 Å². The monoisotopic (exact) mass is 362 g/mol. The molecule has 6 heteroatoms. The quantitative estimate of drug-likeness (QED) is 0.744. The number of aryl methyl sites for hydroxylation is 1. The zero-order valence-corrected chi connectivity index (χ0v) is 13.6. The Morgan fingerprint density at radius 1 is 1.14 bits per heavy atom. The number of halogens is 2. The van der Waals surface area contributed by atoms with Gasteiger partial charge < -0.3 is 5.73 Å². The summed E-state index contributed by atoms with van der Waals surface area (Å²) in [5.74, 6) is 0.607. The summed E-state index contributed by atoms with van der Waals surface area (Å²) in [6.07, 6.45) is 3.47. The minimum absolute atomic E-state index is 0.607. The lowest BCUT2D eigenvalue weighted by Crippen LogP contribution is -1.97. The molecule has 21 heavy (non-hydrogen) atoms. The Balaban J connectivity index is 2.24. The maximum Gasteiger partial charge on any atom is 0.129 e. The van der Waals surface area contributed by atoms with Crippen molar-refractivity contribution >= 4 is 33.3 Å². The van der Waals surface area contributed by atoms with Crippen LogP contribution in [0.15, 0.2) is 47.2 Å². The summed E-state index contributed by atoms with van der Waals surface area (Å²) in [6, 6.07) is 9.56. The summed E-state index contributed by atoms with van der Waals surface area (Å²) in [5, 5.41) is 5.16. The lowest BCUT2D eigenvalue weighted by molar-refractivity contribution is 0.782. The first-order valence-electron chi connectivity index (χ1n) is 6.26. The molecule has 0 amide bonds. The molecule has 106 valence electrons. The molecule has 0 saturated heterocycles. The van der Waals surface area contributed by atoms with Gasteiger partial charge in [-0.1, -0.05) is 17.7 Å². The Morgan fingerprint density at radius 3 is 2.52 bits per heavy atom. The maximum absolute atomic E-state index is 6.19. The van der Waals surface area contributed by atoms with Gasteiger partial charge in [-0.25, -0.2) is 0 Å². The van der Waals surface area contributed by atoms with Gasteiger partial charge in [0.2, 0.25) is 0 Å². The smallest absolute Gasteiger partial charge is 0.129 e. The van der Waals surface area contributed by atoms with Crippen LogP contribution < -0.4 is 5.73 Å². The highest BCUT2D eigenvalue weighted by Gasteiger charge is 2.17. The first-order valence-corrected chi connectivity index (χ1v) is 7.43. The molecule has 0 aliphatic heterocycles. The van der Waals surface area contributed by atoms with Crippen LogP contribution in [0.25, 0.3) is 22.4 Å². The van der Waals surface area contributed by atoms with Gasteiger partial charge in [0.25, 0.3) is 0 Å². The van der Waals surface area contributed by atoms with Crippen LogP contribution in [0, 0.1) is 0 Å². The summed E-state index contributed by atoms with van der Waals surface area (Å²) < 4.78 is 2.52. The fourth-order valence-electron chi connectivity index (χ4n) is 2.19. The van der Waals surface area contributed by atoms with Crippen LogP contribution in [-0.4, -0.2) is 14.8 Å². The molecule has 0 saturated carbocycles. The molecule has 2 heterocycles. The van der Waals surface area contributed by atoms with Crippen molar-refractivity contribution in [1.29, 1.82) is 0 Å². The molecule has 0 fully saturated rings. The van der Waals surface area contributed by atoms with Crippen molar-refractivity contribution in [2.45, 2.75) is 0 Å². The number of rotatable bonds is 2. The van der Waals surface area contributed by atoms with Crippen molar-refractivity contribution in [1.82, 2.24) is 14.8 Å². The van der Waals surface area contributed by atoms with Crippen molar-refractivity contribution in [3.05, 3.63) is 52.2 Å². The van der Waals surface area contributed by atoms with E-state index in [9.17, 15) is 0 Å². The van der Waals surface area contributed by atoms with Crippen LogP contribution in [0.4, 0.5) is 5.82 Å². The SMILES string of the molecule is Cn1nc(-c2ccc(Br)c(Cl)c2)c(-c2ccncc2)c1N. The van der Waals surface area contributed by atoms with Crippen molar-refractivity contribution in [3.63, 3.8) is 0 Å². The Kier molecular flexibility index (Phi) is 3.69. The molecule has 0 radical (unpaired) electrons. The average molecular weight is 364 g/mol. The molecule has 2 aromatic heterocycles. The zero-order chi connectivity index (χ0) is 15.0. The summed E-state index contributed by atoms with van der Waals surface area (Å²) in [5.41, 5.74) is 9.76. The predicted octanol–water partition coefficient (Wildman–Crippen LogP) is 4.15. The first-order chi connectivity index (χ1) is 10.1. The molecule has 3 rings (SSSR count). The molecule has 0 spiro atoms. The van der Waals surface area contributed by atoms with Crippen LogP contribution in [0.1, 0.15) is 0 Å². The highest BCUT2D eigenvalue weighted by Crippen LogP contribution is 2.37. The molecule has 0 unspecified atom stereocenters. The lowest BCUT2D eigenvalue weighted by Gasteiger charge is -2.05. The number of hydrogen-bond acceptors (Lipinski definition) is 3. The number of anilines is 1. The fraction of sp³-hybridized carbons (Fsp3) is 0.0667. The minimum atomic E-state index is 0.607. The third-order valence-corrected chi connectivity index (χ3v) is 4.49. The van der Waals surface area contributed by atoms with Crippen molar-refractivity contribution in [3.8, 4) is 22.4 Å². The van der Waals surface area contributed by atoms with E-state index in [1.54, 1.807) is 17.1 Å². The predicted molar refractivity (Wildman–Crippen MR) is 89.0 cm³/mol. The largest absolute Gasteiger partial charge is 0.383 e. The van der Waals surface area contributed by atoms with Gasteiger partial charge in [0, 0.05) is 29.5 Å². The number of aromatic nitrogens is 3. The average Bonchev–Trinajstić information content (AvgIpc) is 2.79. The molecular formula is C15H12BrClN4. The highest BCUT2D eigenvalue weighted by molar-refractivity contribution is 9.10. The second kappa shape index (κ2) is 5.50. The number of nitrogens with two attached hydrogens (primary N) is 1. The molecule has 4 nitrogen and oxygen atoms in total. The van der Waals surface area contributed by atoms with E-state index < -0.39 is 0 Å². The molecule has 3 aromatic rings. The van der Waals surface area contributed by atoms with Gasteiger partial charge in [0.1, 0.15) is 11.5 Å². The highest BCUT2D eigenvalue weighted by atomic mass is 79.9. The summed E-state index contributed by atoms with van der Waals surface area (Å²) >= 11 is 9.58. The van der Waals surface area contributed by atoms with Gasteiger partial charge >= 0.3 is 0 Å². The zero-order valence-electron chi connectivity index (χ0n) is 11.2. The molecule has 1 aromatic carbocycles. The third kappa shape index (κ3) is 2.54. The van der Waals surface area contributed by atoms with Crippen molar-refractivity contribution < 1.29 is 0 Å². The van der Waals surface area contributed by atoms with E-state index in [0.29, 0.717) is 10.8 Å². The van der Waals surface area contributed by atoms with Gasteiger partial charge in [-0.15, -0.1) is 0 Å². The Labute approximate surface area is 135 Å². The fourth-order valence-corrected chi connectivity index (χ4v) is 2.61. The van der Waals surface area contributed by atoms with Gasteiger partial charge in [-0.3, -0.25) is 9.67 Å². The van der Waals surface area contributed by atoms with Gasteiger partial charge in [-0.2, -0.15) is 5.10 Å². The first kappa shape index (κ1) is 14.1. The third-order valence-electron chi connectivity index (χ3n) is 3.25. The second-order valence-electron chi connectivity index (χ2n) is 4.60.